The molecule has 4 heterocycles. The van der Waals surface area contributed by atoms with E-state index in [1.165, 1.54) is 24.1 Å². The number of aromatic nitrogens is 2. The van der Waals surface area contributed by atoms with Crippen LogP contribution < -0.4 is 4.90 Å². The maximum Gasteiger partial charge on any atom is 0.254 e. The number of hydrogen-bond acceptors (Lipinski definition) is 5. The van der Waals surface area contributed by atoms with Crippen molar-refractivity contribution in [3.05, 3.63) is 53.1 Å². The normalized spacial score (nSPS) is 22.2. The maximum atomic E-state index is 13.2. The molecule has 6 heteroatoms. The van der Waals surface area contributed by atoms with E-state index < -0.39 is 0 Å². The van der Waals surface area contributed by atoms with Crippen molar-refractivity contribution in [2.45, 2.75) is 44.7 Å². The van der Waals surface area contributed by atoms with E-state index in [2.05, 4.69) is 34.0 Å². The Kier molecular flexibility index (Phi) is 4.96. The number of likely N-dealkylation sites (N-methyl/N-ethyl adjacent to an activating group) is 1. The second-order valence-corrected chi connectivity index (χ2v) is 8.59. The van der Waals surface area contributed by atoms with Crippen LogP contribution in [0.4, 0.5) is 5.69 Å². The van der Waals surface area contributed by atoms with Gasteiger partial charge in [0.15, 0.2) is 5.82 Å². The Morgan fingerprint density at radius 3 is 2.62 bits per heavy atom. The zero-order valence-corrected chi connectivity index (χ0v) is 17.2. The van der Waals surface area contributed by atoms with E-state index in [1.54, 1.807) is 0 Å². The number of amides is 1. The van der Waals surface area contributed by atoms with Crippen LogP contribution in [0.2, 0.25) is 0 Å². The number of carbonyl (C=O) groups excluding carboxylic acids is 1. The first kappa shape index (κ1) is 18.6. The smallest absolute Gasteiger partial charge is 0.254 e. The van der Waals surface area contributed by atoms with Crippen LogP contribution >= 0.6 is 0 Å². The second-order valence-electron chi connectivity index (χ2n) is 8.59. The Morgan fingerprint density at radius 2 is 1.83 bits per heavy atom. The minimum atomic E-state index is -0.00860. The van der Waals surface area contributed by atoms with Gasteiger partial charge in [0.2, 0.25) is 0 Å². The van der Waals surface area contributed by atoms with Gasteiger partial charge in [0.1, 0.15) is 0 Å². The van der Waals surface area contributed by atoms with Gasteiger partial charge in [-0.3, -0.25) is 4.79 Å². The summed E-state index contributed by atoms with van der Waals surface area (Å²) < 4.78 is 0. The Balaban J connectivity index is 1.34. The number of carbonyl (C=O) groups is 1. The quantitative estimate of drug-likeness (QED) is 0.805. The molecule has 2 saturated heterocycles. The molecule has 0 N–H and O–H groups in total. The minimum Gasteiger partial charge on any atom is -0.372 e. The van der Waals surface area contributed by atoms with Crippen LogP contribution in [-0.2, 0) is 13.0 Å². The largest absolute Gasteiger partial charge is 0.372 e. The van der Waals surface area contributed by atoms with Crippen molar-refractivity contribution in [1.29, 1.82) is 0 Å². The molecule has 2 fully saturated rings. The van der Waals surface area contributed by atoms with Crippen molar-refractivity contribution in [3.8, 4) is 0 Å². The summed E-state index contributed by atoms with van der Waals surface area (Å²) in [4.78, 5) is 29.5. The SMILES string of the molecule is CN1CCc2nc([C@H]3CCCN3C(=O)c3ccc(N4CCCC4)cc3)ncc2C1. The lowest BCUT2D eigenvalue weighted by Crippen LogP contribution is -2.33. The molecule has 2 aromatic rings. The molecule has 0 saturated carbocycles. The van der Waals surface area contributed by atoms with Gasteiger partial charge in [-0.2, -0.15) is 0 Å². The van der Waals surface area contributed by atoms with Crippen molar-refractivity contribution in [2.24, 2.45) is 0 Å². The van der Waals surface area contributed by atoms with E-state index in [4.69, 9.17) is 4.98 Å². The van der Waals surface area contributed by atoms with Gasteiger partial charge in [0, 0.05) is 67.8 Å². The lowest BCUT2D eigenvalue weighted by atomic mass is 10.1. The Labute approximate surface area is 172 Å². The molecule has 0 aliphatic carbocycles. The summed E-state index contributed by atoms with van der Waals surface area (Å²) in [5.74, 6) is 0.911. The molecule has 29 heavy (non-hydrogen) atoms. The summed E-state index contributed by atoms with van der Waals surface area (Å²) in [5.41, 5.74) is 4.36. The zero-order valence-electron chi connectivity index (χ0n) is 17.2. The predicted molar refractivity (Wildman–Crippen MR) is 113 cm³/mol. The highest BCUT2D eigenvalue weighted by Gasteiger charge is 2.33. The first-order valence-electron chi connectivity index (χ1n) is 10.9. The second kappa shape index (κ2) is 7.75. The van der Waals surface area contributed by atoms with Crippen LogP contribution in [0, 0.1) is 0 Å². The number of benzene rings is 1. The molecule has 1 aromatic heterocycles. The van der Waals surface area contributed by atoms with E-state index >= 15 is 0 Å². The summed E-state index contributed by atoms with van der Waals surface area (Å²) in [6.07, 6.45) is 7.39. The molecular weight excluding hydrogens is 362 g/mol. The first-order chi connectivity index (χ1) is 14.2. The van der Waals surface area contributed by atoms with Crippen LogP contribution in [0.1, 0.15) is 59.2 Å². The van der Waals surface area contributed by atoms with Crippen molar-refractivity contribution >= 4 is 11.6 Å². The molecule has 1 atom stereocenters. The van der Waals surface area contributed by atoms with Crippen molar-refractivity contribution < 1.29 is 4.79 Å². The van der Waals surface area contributed by atoms with Crippen molar-refractivity contribution in [3.63, 3.8) is 0 Å². The van der Waals surface area contributed by atoms with E-state index in [-0.39, 0.29) is 11.9 Å². The van der Waals surface area contributed by atoms with Crippen LogP contribution in [-0.4, -0.2) is 58.9 Å². The molecule has 0 bridgehead atoms. The number of anilines is 1. The standard InChI is InChI=1S/C23H29N5O/c1-26-14-10-20-18(16-26)15-24-22(25-20)21-5-4-13-28(21)23(29)17-6-8-19(9-7-17)27-11-2-3-12-27/h6-9,15,21H,2-5,10-14,16H2,1H3/t21-/m1/s1. The highest BCUT2D eigenvalue weighted by atomic mass is 16.2. The predicted octanol–water partition coefficient (Wildman–Crippen LogP) is 3.04. The van der Waals surface area contributed by atoms with E-state index in [0.717, 1.165) is 69.1 Å². The molecular formula is C23H29N5O. The summed E-state index contributed by atoms with van der Waals surface area (Å²) >= 11 is 0. The van der Waals surface area contributed by atoms with Crippen LogP contribution in [0.15, 0.2) is 30.5 Å². The summed E-state index contributed by atoms with van der Waals surface area (Å²) in [5, 5.41) is 0. The Morgan fingerprint density at radius 1 is 1.03 bits per heavy atom. The molecule has 5 rings (SSSR count). The average molecular weight is 392 g/mol. The van der Waals surface area contributed by atoms with E-state index in [9.17, 15) is 4.79 Å². The summed E-state index contributed by atoms with van der Waals surface area (Å²) in [7, 11) is 2.13. The van der Waals surface area contributed by atoms with Gasteiger partial charge >= 0.3 is 0 Å². The van der Waals surface area contributed by atoms with Crippen LogP contribution in [0.3, 0.4) is 0 Å². The molecule has 0 unspecified atom stereocenters. The van der Waals surface area contributed by atoms with Crippen molar-refractivity contribution in [1.82, 2.24) is 19.8 Å². The summed E-state index contributed by atoms with van der Waals surface area (Å²) in [6.45, 7) is 4.95. The molecule has 3 aliphatic heterocycles. The zero-order chi connectivity index (χ0) is 19.8. The van der Waals surface area contributed by atoms with Gasteiger partial charge < -0.3 is 14.7 Å². The molecule has 152 valence electrons. The number of likely N-dealkylation sites (tertiary alicyclic amines) is 1. The third-order valence-electron chi connectivity index (χ3n) is 6.54. The van der Waals surface area contributed by atoms with E-state index in [1.807, 2.05) is 23.2 Å². The van der Waals surface area contributed by atoms with Gasteiger partial charge in [0.05, 0.1) is 6.04 Å². The van der Waals surface area contributed by atoms with Gasteiger partial charge in [-0.1, -0.05) is 0 Å². The monoisotopic (exact) mass is 391 g/mol. The highest BCUT2D eigenvalue weighted by Crippen LogP contribution is 2.32. The topological polar surface area (TPSA) is 52.6 Å². The third-order valence-corrected chi connectivity index (χ3v) is 6.54. The number of nitrogens with zero attached hydrogens (tertiary/aromatic N) is 5. The molecule has 6 nitrogen and oxygen atoms in total. The minimum absolute atomic E-state index is 0.00860. The fourth-order valence-electron chi connectivity index (χ4n) is 4.87. The molecule has 0 radical (unpaired) electrons. The van der Waals surface area contributed by atoms with Gasteiger partial charge in [-0.15, -0.1) is 0 Å². The first-order valence-corrected chi connectivity index (χ1v) is 10.9. The van der Waals surface area contributed by atoms with Crippen LogP contribution in [0.5, 0.6) is 0 Å². The molecule has 1 aromatic carbocycles. The number of hydrogen-bond donors (Lipinski definition) is 0. The third kappa shape index (κ3) is 3.62. The fourth-order valence-corrected chi connectivity index (χ4v) is 4.87. The highest BCUT2D eigenvalue weighted by molar-refractivity contribution is 5.95. The Hall–Kier alpha value is -2.47. The molecule has 3 aliphatic rings. The fraction of sp³-hybridized carbons (Fsp3) is 0.522. The summed E-state index contributed by atoms with van der Waals surface area (Å²) in [6, 6.07) is 8.14. The number of rotatable bonds is 3. The van der Waals surface area contributed by atoms with Crippen molar-refractivity contribution in [2.75, 3.05) is 38.1 Å². The van der Waals surface area contributed by atoms with E-state index in [0.29, 0.717) is 0 Å². The Bertz CT molecular complexity index is 891. The van der Waals surface area contributed by atoms with Gasteiger partial charge in [-0.25, -0.2) is 9.97 Å². The number of fused-ring (bicyclic) bond motifs is 1. The molecule has 1 amide bonds. The average Bonchev–Trinajstić information content (AvgIpc) is 3.45. The lowest BCUT2D eigenvalue weighted by molar-refractivity contribution is 0.0729. The molecule has 0 spiro atoms. The lowest BCUT2D eigenvalue weighted by Gasteiger charge is -2.27. The van der Waals surface area contributed by atoms with Gasteiger partial charge in [0.25, 0.3) is 5.91 Å². The maximum absolute atomic E-state index is 13.2. The van der Waals surface area contributed by atoms with Gasteiger partial charge in [-0.05, 0) is 57.0 Å². The van der Waals surface area contributed by atoms with Crippen LogP contribution in [0.25, 0.3) is 0 Å².